The van der Waals surface area contributed by atoms with E-state index in [0.29, 0.717) is 16.4 Å². The normalized spacial score (nSPS) is 11.3. The molecule has 0 saturated heterocycles. The summed E-state index contributed by atoms with van der Waals surface area (Å²) in [6, 6.07) is 8.99. The van der Waals surface area contributed by atoms with Crippen molar-refractivity contribution in [2.24, 2.45) is 7.05 Å². The number of benzene rings is 2. The van der Waals surface area contributed by atoms with E-state index < -0.39 is 17.2 Å². The zero-order chi connectivity index (χ0) is 20.0. The molecule has 0 N–H and O–H groups in total. The molecule has 0 saturated carbocycles. The summed E-state index contributed by atoms with van der Waals surface area (Å²) in [5, 5.41) is 0.311. The smallest absolute Gasteiger partial charge is 0.301 e. The molecule has 0 unspecified atom stereocenters. The number of aromatic nitrogens is 4. The number of halogens is 4. The monoisotopic (exact) mass is 420 g/mol. The molecule has 0 fully saturated rings. The minimum Gasteiger partial charge on any atom is -0.319 e. The first-order valence-electron chi connectivity index (χ1n) is 8.18. The Bertz CT molecular complexity index is 1270. The Morgan fingerprint density at radius 3 is 2.50 bits per heavy atom. The van der Waals surface area contributed by atoms with Gasteiger partial charge in [0, 0.05) is 29.7 Å². The van der Waals surface area contributed by atoms with Gasteiger partial charge in [0.2, 0.25) is 0 Å². The first-order chi connectivity index (χ1) is 13.4. The molecule has 2 aromatic carbocycles. The summed E-state index contributed by atoms with van der Waals surface area (Å²) >= 11 is 11.8. The summed E-state index contributed by atoms with van der Waals surface area (Å²) in [6.07, 6.45) is 1.20. The maximum absolute atomic E-state index is 14.4. The minimum atomic E-state index is -0.885. The van der Waals surface area contributed by atoms with Crippen LogP contribution in [0.25, 0.3) is 16.9 Å². The molecule has 0 amide bonds. The van der Waals surface area contributed by atoms with Gasteiger partial charge in [-0.3, -0.25) is 9.36 Å². The third-order valence-corrected chi connectivity index (χ3v) is 4.91. The number of aryl methyl sites for hydroxylation is 1. The molecule has 0 aliphatic heterocycles. The van der Waals surface area contributed by atoms with E-state index in [4.69, 9.17) is 23.2 Å². The van der Waals surface area contributed by atoms with Crippen LogP contribution in [0.4, 0.5) is 8.78 Å². The minimum absolute atomic E-state index is 0.142. The van der Waals surface area contributed by atoms with Gasteiger partial charge in [-0.05, 0) is 36.4 Å². The van der Waals surface area contributed by atoms with Crippen molar-refractivity contribution >= 4 is 34.4 Å². The van der Waals surface area contributed by atoms with E-state index >= 15 is 0 Å². The summed E-state index contributed by atoms with van der Waals surface area (Å²) in [7, 11) is 1.71. The van der Waals surface area contributed by atoms with Gasteiger partial charge in [-0.25, -0.2) is 13.8 Å². The highest BCUT2D eigenvalue weighted by Crippen LogP contribution is 2.25. The lowest BCUT2D eigenvalue weighted by molar-refractivity contribution is 0.558. The van der Waals surface area contributed by atoms with Gasteiger partial charge in [-0.2, -0.15) is 4.98 Å². The van der Waals surface area contributed by atoms with Gasteiger partial charge < -0.3 is 4.57 Å². The van der Waals surface area contributed by atoms with Gasteiger partial charge in [0.15, 0.2) is 11.2 Å². The van der Waals surface area contributed by atoms with Crippen LogP contribution in [0.1, 0.15) is 11.4 Å². The number of hydrogen-bond acceptors (Lipinski definition) is 3. The van der Waals surface area contributed by atoms with Crippen molar-refractivity contribution in [3.05, 3.63) is 86.1 Å². The molecule has 0 aliphatic carbocycles. The van der Waals surface area contributed by atoms with Crippen molar-refractivity contribution in [2.45, 2.75) is 6.42 Å². The van der Waals surface area contributed by atoms with Crippen molar-refractivity contribution in [2.75, 3.05) is 0 Å². The maximum Gasteiger partial charge on any atom is 0.301 e. The Morgan fingerprint density at radius 2 is 1.79 bits per heavy atom. The van der Waals surface area contributed by atoms with E-state index in [1.807, 2.05) is 0 Å². The quantitative estimate of drug-likeness (QED) is 0.464. The van der Waals surface area contributed by atoms with Gasteiger partial charge in [0.05, 0.1) is 11.3 Å². The first kappa shape index (κ1) is 18.6. The largest absolute Gasteiger partial charge is 0.319 e. The molecule has 4 aromatic rings. The van der Waals surface area contributed by atoms with Crippen molar-refractivity contribution < 1.29 is 8.78 Å². The SMILES string of the molecule is Cn1cnc2c(=O)nc(Cc3c(F)ccc(Cl)c3F)n(-c3ccc(Cl)cc3)c21. The average Bonchev–Trinajstić information content (AvgIpc) is 3.05. The molecule has 0 radical (unpaired) electrons. The molecule has 2 aromatic heterocycles. The molecular weight excluding hydrogens is 409 g/mol. The topological polar surface area (TPSA) is 52.7 Å². The number of hydrogen-bond donors (Lipinski definition) is 0. The summed E-state index contributed by atoms with van der Waals surface area (Å²) in [4.78, 5) is 20.6. The van der Waals surface area contributed by atoms with Gasteiger partial charge in [0.1, 0.15) is 17.5 Å². The highest BCUT2D eigenvalue weighted by atomic mass is 35.5. The Kier molecular flexibility index (Phi) is 4.64. The van der Waals surface area contributed by atoms with Crippen molar-refractivity contribution in [1.29, 1.82) is 0 Å². The van der Waals surface area contributed by atoms with E-state index in [-0.39, 0.29) is 28.3 Å². The van der Waals surface area contributed by atoms with Crippen LogP contribution in [0.3, 0.4) is 0 Å². The van der Waals surface area contributed by atoms with Crippen LogP contribution < -0.4 is 5.56 Å². The fourth-order valence-corrected chi connectivity index (χ4v) is 3.35. The summed E-state index contributed by atoms with van der Waals surface area (Å²) in [5.74, 6) is -1.52. The second kappa shape index (κ2) is 7.00. The predicted molar refractivity (Wildman–Crippen MR) is 103 cm³/mol. The van der Waals surface area contributed by atoms with Gasteiger partial charge in [-0.1, -0.05) is 23.2 Å². The summed E-state index contributed by atoms with van der Waals surface area (Å²) in [6.45, 7) is 0. The molecule has 0 spiro atoms. The van der Waals surface area contributed by atoms with E-state index in [1.54, 1.807) is 40.4 Å². The fourth-order valence-electron chi connectivity index (χ4n) is 3.05. The summed E-state index contributed by atoms with van der Waals surface area (Å²) in [5.41, 5.74) is 0.346. The number of fused-ring (bicyclic) bond motifs is 1. The van der Waals surface area contributed by atoms with E-state index in [2.05, 4.69) is 9.97 Å². The van der Waals surface area contributed by atoms with Crippen LogP contribution in [0, 0.1) is 11.6 Å². The molecule has 9 heteroatoms. The predicted octanol–water partition coefficient (Wildman–Crippen LogP) is 4.30. The van der Waals surface area contributed by atoms with Crippen molar-refractivity contribution in [3.8, 4) is 5.69 Å². The van der Waals surface area contributed by atoms with Crippen LogP contribution in [0.5, 0.6) is 0 Å². The lowest BCUT2D eigenvalue weighted by atomic mass is 10.1. The third kappa shape index (κ3) is 3.06. The van der Waals surface area contributed by atoms with Gasteiger partial charge >= 0.3 is 5.56 Å². The van der Waals surface area contributed by atoms with E-state index in [1.165, 1.54) is 6.33 Å². The molecule has 0 aliphatic rings. The molecule has 28 heavy (non-hydrogen) atoms. The average molecular weight is 421 g/mol. The van der Waals surface area contributed by atoms with Gasteiger partial charge in [-0.15, -0.1) is 0 Å². The van der Waals surface area contributed by atoms with E-state index in [9.17, 15) is 13.6 Å². The van der Waals surface area contributed by atoms with E-state index in [0.717, 1.165) is 12.1 Å². The maximum atomic E-state index is 14.4. The molecule has 2 heterocycles. The van der Waals surface area contributed by atoms with Crippen LogP contribution in [-0.2, 0) is 13.5 Å². The molecular formula is C19H12Cl2F2N4O. The lowest BCUT2D eigenvalue weighted by Crippen LogP contribution is -2.20. The van der Waals surface area contributed by atoms with Crippen molar-refractivity contribution in [3.63, 3.8) is 0 Å². The third-order valence-electron chi connectivity index (χ3n) is 4.37. The Balaban J connectivity index is 2.02. The highest BCUT2D eigenvalue weighted by Gasteiger charge is 2.20. The van der Waals surface area contributed by atoms with Crippen LogP contribution in [-0.4, -0.2) is 19.1 Å². The number of rotatable bonds is 3. The fraction of sp³-hybridized carbons (Fsp3) is 0.105. The number of imidazole rings is 1. The molecule has 5 nitrogen and oxygen atoms in total. The van der Waals surface area contributed by atoms with Gasteiger partial charge in [0.25, 0.3) is 0 Å². The van der Waals surface area contributed by atoms with Crippen LogP contribution in [0.2, 0.25) is 10.0 Å². The lowest BCUT2D eigenvalue weighted by Gasteiger charge is -2.16. The standard InChI is InChI=1S/C19H12Cl2F2N4O/c1-26-9-24-17-18(28)25-15(8-12-14(22)7-6-13(21)16(12)23)27(19(17)26)11-4-2-10(20)3-5-11/h2-7,9H,8H2,1H3. The molecule has 0 bridgehead atoms. The van der Waals surface area contributed by atoms with Crippen LogP contribution >= 0.6 is 23.2 Å². The van der Waals surface area contributed by atoms with Crippen LogP contribution in [0.15, 0.2) is 47.5 Å². The second-order valence-corrected chi connectivity index (χ2v) is 7.01. The summed E-state index contributed by atoms with van der Waals surface area (Å²) < 4.78 is 32.0. The second-order valence-electron chi connectivity index (χ2n) is 6.17. The van der Waals surface area contributed by atoms with Crippen molar-refractivity contribution in [1.82, 2.24) is 19.1 Å². The zero-order valence-corrected chi connectivity index (χ0v) is 16.0. The number of nitrogens with zero attached hydrogens (tertiary/aromatic N) is 4. The Morgan fingerprint density at radius 1 is 1.07 bits per heavy atom. The molecule has 142 valence electrons. The molecule has 4 rings (SSSR count). The first-order valence-corrected chi connectivity index (χ1v) is 8.93. The Labute approximate surface area is 167 Å². The molecule has 0 atom stereocenters. The highest BCUT2D eigenvalue weighted by molar-refractivity contribution is 6.31. The Hall–Kier alpha value is -2.77. The zero-order valence-electron chi connectivity index (χ0n) is 14.5.